The zero-order chi connectivity index (χ0) is 21.4. The minimum atomic E-state index is -0.388. The molecule has 0 bridgehead atoms. The van der Waals surface area contributed by atoms with Crippen molar-refractivity contribution in [3.8, 4) is 0 Å². The Bertz CT molecular complexity index is 705. The Balaban J connectivity index is 0.000000941. The normalized spacial score (nSPS) is 20.2. The number of carbonyl (C=O) groups is 3. The highest BCUT2D eigenvalue weighted by atomic mass is 35.5. The van der Waals surface area contributed by atoms with Crippen molar-refractivity contribution in [2.75, 3.05) is 39.5 Å². The van der Waals surface area contributed by atoms with Crippen molar-refractivity contribution >= 4 is 41.7 Å². The van der Waals surface area contributed by atoms with E-state index < -0.39 is 0 Å². The number of ether oxygens (including phenoxy) is 1. The summed E-state index contributed by atoms with van der Waals surface area (Å²) < 4.78 is 5.58. The number of esters is 1. The Kier molecular flexibility index (Phi) is 8.79. The van der Waals surface area contributed by atoms with Crippen molar-refractivity contribution < 1.29 is 24.2 Å². The first-order valence-corrected chi connectivity index (χ1v) is 10.8. The lowest BCUT2D eigenvalue weighted by molar-refractivity contribution is -0.152. The monoisotopic (exact) mass is 442 g/mol. The fourth-order valence-electron chi connectivity index (χ4n) is 3.71. The molecule has 0 saturated carbocycles. The molecule has 1 unspecified atom stereocenters. The molecule has 2 fully saturated rings. The number of hydrogen-bond acceptors (Lipinski definition) is 6. The molecule has 9 heteroatoms. The lowest BCUT2D eigenvalue weighted by Crippen LogP contribution is -2.45. The maximum Gasteiger partial charge on any atom is 0.312 e. The van der Waals surface area contributed by atoms with Gasteiger partial charge in [-0.3, -0.25) is 14.4 Å². The van der Waals surface area contributed by atoms with E-state index in [-0.39, 0.29) is 29.9 Å². The van der Waals surface area contributed by atoms with Crippen LogP contribution in [0.15, 0.2) is 29.2 Å². The van der Waals surface area contributed by atoms with E-state index in [0.29, 0.717) is 36.7 Å². The Morgan fingerprint density at radius 2 is 1.93 bits per heavy atom. The van der Waals surface area contributed by atoms with Crippen molar-refractivity contribution in [2.45, 2.75) is 30.3 Å². The van der Waals surface area contributed by atoms with E-state index in [1.54, 1.807) is 0 Å². The van der Waals surface area contributed by atoms with E-state index >= 15 is 0 Å². The average Bonchev–Trinajstić information content (AvgIpc) is 2.96. The summed E-state index contributed by atoms with van der Waals surface area (Å²) in [6.07, 6.45) is 2.14. The second kappa shape index (κ2) is 10.8. The number of carbonyl (C=O) groups excluding carboxylic acids is 2. The van der Waals surface area contributed by atoms with Crippen molar-refractivity contribution in [3.63, 3.8) is 0 Å². The summed E-state index contributed by atoms with van der Waals surface area (Å²) in [7, 11) is 3.97. The van der Waals surface area contributed by atoms with Gasteiger partial charge in [-0.15, -0.1) is 11.8 Å². The number of halogens is 1. The van der Waals surface area contributed by atoms with Crippen LogP contribution in [0.2, 0.25) is 5.02 Å². The van der Waals surface area contributed by atoms with Gasteiger partial charge >= 0.3 is 5.97 Å². The number of rotatable bonds is 5. The number of amides is 1. The molecular weight excluding hydrogens is 416 g/mol. The number of benzene rings is 1. The molecule has 1 amide bonds. The summed E-state index contributed by atoms with van der Waals surface area (Å²) in [5, 5.41) is 7.58. The highest BCUT2D eigenvalue weighted by molar-refractivity contribution is 8.00. The van der Waals surface area contributed by atoms with Gasteiger partial charge in [0.2, 0.25) is 5.91 Å². The van der Waals surface area contributed by atoms with Crippen LogP contribution in [0.4, 0.5) is 0 Å². The molecule has 2 aliphatic heterocycles. The van der Waals surface area contributed by atoms with Crippen molar-refractivity contribution in [2.24, 2.45) is 5.41 Å². The van der Waals surface area contributed by atoms with Gasteiger partial charge in [-0.2, -0.15) is 0 Å². The number of hydrogen-bond donors (Lipinski definition) is 1. The van der Waals surface area contributed by atoms with Crippen molar-refractivity contribution in [1.82, 2.24) is 9.80 Å². The van der Waals surface area contributed by atoms with Crippen LogP contribution < -0.4 is 0 Å². The molecule has 29 heavy (non-hydrogen) atoms. The lowest BCUT2D eigenvalue weighted by Gasteiger charge is -2.36. The highest BCUT2D eigenvalue weighted by Gasteiger charge is 2.50. The molecule has 3 rings (SSSR count). The first-order chi connectivity index (χ1) is 13.8. The standard InChI is InChI=1S/C19H25ClN2O3S.CH2O2/c1-21(2)12-15-11-19(18(24)25-15)7-9-22(10-8-19)17(23)13-26-16-5-3-14(20)4-6-16;2-1-3/h3-6,15H,7-13H2,1-2H3;1H,(H,2,3). The molecule has 2 heterocycles. The molecule has 0 aliphatic carbocycles. The van der Waals surface area contributed by atoms with E-state index in [9.17, 15) is 9.59 Å². The average molecular weight is 443 g/mol. The first-order valence-electron chi connectivity index (χ1n) is 9.39. The van der Waals surface area contributed by atoms with Gasteiger partial charge in [0.1, 0.15) is 6.10 Å². The van der Waals surface area contributed by atoms with E-state index in [2.05, 4.69) is 0 Å². The SMILES string of the molecule is CN(C)CC1CC2(CCN(C(=O)CSc3ccc(Cl)cc3)CC2)C(=O)O1.O=CO. The fraction of sp³-hybridized carbons (Fsp3) is 0.550. The maximum atomic E-state index is 12.5. The number of piperidine rings is 1. The third-order valence-corrected chi connectivity index (χ3v) is 6.39. The van der Waals surface area contributed by atoms with Crippen LogP contribution in [-0.2, 0) is 19.1 Å². The quantitative estimate of drug-likeness (QED) is 0.426. The number of thioether (sulfide) groups is 1. The molecule has 2 aliphatic rings. The predicted octanol–water partition coefficient (Wildman–Crippen LogP) is 2.62. The molecule has 160 valence electrons. The van der Waals surface area contributed by atoms with Gasteiger partial charge in [0, 0.05) is 36.0 Å². The van der Waals surface area contributed by atoms with Crippen LogP contribution in [-0.4, -0.2) is 78.8 Å². The Morgan fingerprint density at radius 3 is 2.48 bits per heavy atom. The third-order valence-electron chi connectivity index (χ3n) is 5.14. The first kappa shape index (κ1) is 23.5. The molecule has 1 atom stereocenters. The van der Waals surface area contributed by atoms with E-state index in [1.807, 2.05) is 48.2 Å². The highest BCUT2D eigenvalue weighted by Crippen LogP contribution is 2.43. The Labute approximate surface area is 180 Å². The lowest BCUT2D eigenvalue weighted by atomic mass is 9.76. The zero-order valence-electron chi connectivity index (χ0n) is 16.7. The topological polar surface area (TPSA) is 87.2 Å². The molecule has 0 aromatic heterocycles. The minimum absolute atomic E-state index is 0.0276. The second-order valence-electron chi connectivity index (χ2n) is 7.50. The largest absolute Gasteiger partial charge is 0.483 e. The number of carboxylic acid groups (broad SMARTS) is 1. The van der Waals surface area contributed by atoms with Gasteiger partial charge < -0.3 is 19.6 Å². The summed E-state index contributed by atoms with van der Waals surface area (Å²) in [4.78, 5) is 38.2. The maximum absolute atomic E-state index is 12.5. The van der Waals surface area contributed by atoms with Crippen molar-refractivity contribution in [3.05, 3.63) is 29.3 Å². The minimum Gasteiger partial charge on any atom is -0.483 e. The van der Waals surface area contributed by atoms with Gasteiger partial charge in [-0.25, -0.2) is 0 Å². The zero-order valence-corrected chi connectivity index (χ0v) is 18.2. The summed E-state index contributed by atoms with van der Waals surface area (Å²) >= 11 is 7.40. The Hall–Kier alpha value is -1.77. The summed E-state index contributed by atoms with van der Waals surface area (Å²) in [5.41, 5.74) is -0.388. The van der Waals surface area contributed by atoms with Crippen LogP contribution in [0.3, 0.4) is 0 Å². The van der Waals surface area contributed by atoms with Crippen LogP contribution in [0.1, 0.15) is 19.3 Å². The van der Waals surface area contributed by atoms with Gasteiger partial charge in [-0.05, 0) is 51.2 Å². The number of cyclic esters (lactones) is 1. The number of nitrogens with zero attached hydrogens (tertiary/aromatic N) is 2. The molecule has 1 spiro atoms. The van der Waals surface area contributed by atoms with Crippen molar-refractivity contribution in [1.29, 1.82) is 0 Å². The predicted molar refractivity (Wildman–Crippen MR) is 112 cm³/mol. The van der Waals surface area contributed by atoms with Gasteiger partial charge in [0.05, 0.1) is 11.2 Å². The van der Waals surface area contributed by atoms with E-state index in [0.717, 1.165) is 17.9 Å². The number of likely N-dealkylation sites (tertiary alicyclic amines) is 1. The van der Waals surface area contributed by atoms with Crippen LogP contribution in [0.5, 0.6) is 0 Å². The molecule has 1 N–H and O–H groups in total. The smallest absolute Gasteiger partial charge is 0.312 e. The third kappa shape index (κ3) is 6.62. The Morgan fingerprint density at radius 1 is 1.34 bits per heavy atom. The summed E-state index contributed by atoms with van der Waals surface area (Å²) in [6, 6.07) is 7.50. The molecule has 2 saturated heterocycles. The van der Waals surface area contributed by atoms with Gasteiger partial charge in [0.15, 0.2) is 0 Å². The molecular formula is C20H27ClN2O5S. The molecule has 7 nitrogen and oxygen atoms in total. The van der Waals surface area contributed by atoms with E-state index in [4.69, 9.17) is 26.2 Å². The van der Waals surface area contributed by atoms with Crippen LogP contribution in [0.25, 0.3) is 0 Å². The van der Waals surface area contributed by atoms with Gasteiger partial charge in [0.25, 0.3) is 6.47 Å². The number of likely N-dealkylation sites (N-methyl/N-ethyl adjacent to an activating group) is 1. The van der Waals surface area contributed by atoms with E-state index in [1.165, 1.54) is 11.8 Å². The van der Waals surface area contributed by atoms with Gasteiger partial charge in [-0.1, -0.05) is 11.6 Å². The van der Waals surface area contributed by atoms with Crippen LogP contribution in [0, 0.1) is 5.41 Å². The fourth-order valence-corrected chi connectivity index (χ4v) is 4.63. The molecule has 1 aromatic carbocycles. The summed E-state index contributed by atoms with van der Waals surface area (Å²) in [5.74, 6) is 0.450. The molecule has 1 aromatic rings. The second-order valence-corrected chi connectivity index (χ2v) is 8.99. The van der Waals surface area contributed by atoms with Crippen LogP contribution >= 0.6 is 23.4 Å². The summed E-state index contributed by atoms with van der Waals surface area (Å²) in [6.45, 7) is 1.77. The molecule has 0 radical (unpaired) electrons.